The van der Waals surface area contributed by atoms with Gasteiger partial charge in [-0.25, -0.2) is 9.97 Å². The molecule has 0 spiro atoms. The fourth-order valence-corrected chi connectivity index (χ4v) is 2.67. The van der Waals surface area contributed by atoms with E-state index < -0.39 is 0 Å². The first-order valence-electron chi connectivity index (χ1n) is 6.36. The van der Waals surface area contributed by atoms with Crippen molar-refractivity contribution in [1.82, 2.24) is 19.9 Å². The van der Waals surface area contributed by atoms with Crippen molar-refractivity contribution in [3.8, 4) is 0 Å². The lowest BCUT2D eigenvalue weighted by Crippen LogP contribution is -2.31. The van der Waals surface area contributed by atoms with Crippen LogP contribution in [0, 0.1) is 0 Å². The molecule has 0 aliphatic carbocycles. The van der Waals surface area contributed by atoms with E-state index >= 15 is 0 Å². The van der Waals surface area contributed by atoms with Crippen molar-refractivity contribution < 1.29 is 0 Å². The maximum atomic E-state index is 4.58. The van der Waals surface area contributed by atoms with Crippen LogP contribution in [0.15, 0.2) is 35.7 Å². The van der Waals surface area contributed by atoms with Gasteiger partial charge in [0.05, 0.1) is 11.4 Å². The zero-order chi connectivity index (χ0) is 13.1. The minimum atomic E-state index is 0.872. The molecule has 0 saturated carbocycles. The molecule has 0 amide bonds. The first kappa shape index (κ1) is 12.6. The van der Waals surface area contributed by atoms with E-state index in [1.54, 1.807) is 11.8 Å². The van der Waals surface area contributed by atoms with Gasteiger partial charge in [-0.15, -0.1) is 0 Å². The molecule has 98 valence electrons. The lowest BCUT2D eigenvalue weighted by atomic mass is 10.1. The number of fused-ring (bicyclic) bond motifs is 1. The largest absolute Gasteiger partial charge is 0.293 e. The van der Waals surface area contributed by atoms with Gasteiger partial charge in [0.1, 0.15) is 0 Å². The Morgan fingerprint density at radius 1 is 1.32 bits per heavy atom. The van der Waals surface area contributed by atoms with Gasteiger partial charge in [0.2, 0.25) is 0 Å². The van der Waals surface area contributed by atoms with Gasteiger partial charge in [0, 0.05) is 44.0 Å². The van der Waals surface area contributed by atoms with Crippen molar-refractivity contribution in [1.29, 1.82) is 0 Å². The van der Waals surface area contributed by atoms with Gasteiger partial charge in [0.15, 0.2) is 5.16 Å². The molecule has 0 saturated heterocycles. The second kappa shape index (κ2) is 5.67. The van der Waals surface area contributed by atoms with Gasteiger partial charge in [-0.1, -0.05) is 17.8 Å². The molecule has 1 aliphatic rings. The second-order valence-corrected chi connectivity index (χ2v) is 5.38. The summed E-state index contributed by atoms with van der Waals surface area (Å²) < 4.78 is 0. The molecule has 0 fully saturated rings. The molecule has 1 aliphatic heterocycles. The summed E-state index contributed by atoms with van der Waals surface area (Å²) in [5.41, 5.74) is 3.57. The summed E-state index contributed by atoms with van der Waals surface area (Å²) in [6, 6.07) is 6.06. The van der Waals surface area contributed by atoms with E-state index in [0.29, 0.717) is 0 Å². The van der Waals surface area contributed by atoms with E-state index in [1.807, 2.05) is 30.8 Å². The van der Waals surface area contributed by atoms with E-state index in [9.17, 15) is 0 Å². The highest BCUT2D eigenvalue weighted by Crippen LogP contribution is 2.20. The summed E-state index contributed by atoms with van der Waals surface area (Å²) in [4.78, 5) is 15.7. The average molecular weight is 272 g/mol. The van der Waals surface area contributed by atoms with Crippen LogP contribution >= 0.6 is 11.8 Å². The first-order chi connectivity index (χ1) is 9.35. The van der Waals surface area contributed by atoms with Crippen molar-refractivity contribution in [3.05, 3.63) is 47.5 Å². The second-order valence-electron chi connectivity index (χ2n) is 4.61. The van der Waals surface area contributed by atoms with Crippen LogP contribution in [-0.2, 0) is 19.5 Å². The zero-order valence-electron chi connectivity index (χ0n) is 10.9. The van der Waals surface area contributed by atoms with E-state index in [2.05, 4.69) is 25.9 Å². The standard InChI is InChI=1S/C14H16N4S/c1-19-14-16-8-11-9-18(7-5-13(11)17-14)10-12-4-2-3-6-15-12/h2-4,6,8H,5,7,9-10H2,1H3. The third-order valence-corrected chi connectivity index (χ3v) is 3.85. The van der Waals surface area contributed by atoms with E-state index in [4.69, 9.17) is 0 Å². The maximum Gasteiger partial charge on any atom is 0.187 e. The van der Waals surface area contributed by atoms with Gasteiger partial charge >= 0.3 is 0 Å². The minimum absolute atomic E-state index is 0.872. The summed E-state index contributed by atoms with van der Waals surface area (Å²) in [5, 5.41) is 0.872. The maximum absolute atomic E-state index is 4.58. The Labute approximate surface area is 117 Å². The summed E-state index contributed by atoms with van der Waals surface area (Å²) in [7, 11) is 0. The monoisotopic (exact) mass is 272 g/mol. The molecule has 19 heavy (non-hydrogen) atoms. The molecule has 0 bridgehead atoms. The zero-order valence-corrected chi connectivity index (χ0v) is 11.7. The Morgan fingerprint density at radius 3 is 3.05 bits per heavy atom. The Hall–Kier alpha value is -1.46. The first-order valence-corrected chi connectivity index (χ1v) is 7.58. The Bertz CT molecular complexity index is 559. The number of pyridine rings is 1. The molecule has 0 aromatic carbocycles. The van der Waals surface area contributed by atoms with Crippen molar-refractivity contribution in [2.24, 2.45) is 0 Å². The highest BCUT2D eigenvalue weighted by molar-refractivity contribution is 7.98. The molecule has 0 radical (unpaired) electrons. The molecule has 0 unspecified atom stereocenters. The van der Waals surface area contributed by atoms with Crippen LogP contribution in [0.4, 0.5) is 0 Å². The van der Waals surface area contributed by atoms with E-state index in [0.717, 1.165) is 36.9 Å². The van der Waals surface area contributed by atoms with Crippen LogP contribution in [0.2, 0.25) is 0 Å². The van der Waals surface area contributed by atoms with E-state index in [-0.39, 0.29) is 0 Å². The summed E-state index contributed by atoms with van der Waals surface area (Å²) in [5.74, 6) is 0. The van der Waals surface area contributed by atoms with Crippen LogP contribution in [-0.4, -0.2) is 32.7 Å². The Kier molecular flexibility index (Phi) is 3.75. The van der Waals surface area contributed by atoms with Gasteiger partial charge in [-0.05, 0) is 18.4 Å². The van der Waals surface area contributed by atoms with Crippen molar-refractivity contribution in [2.75, 3.05) is 12.8 Å². The van der Waals surface area contributed by atoms with Crippen molar-refractivity contribution in [3.63, 3.8) is 0 Å². The van der Waals surface area contributed by atoms with Gasteiger partial charge < -0.3 is 0 Å². The summed E-state index contributed by atoms with van der Waals surface area (Å²) in [6.07, 6.45) is 6.83. The van der Waals surface area contributed by atoms with E-state index in [1.165, 1.54) is 11.3 Å². The topological polar surface area (TPSA) is 41.9 Å². The molecule has 2 aromatic rings. The van der Waals surface area contributed by atoms with Gasteiger partial charge in [-0.3, -0.25) is 9.88 Å². The van der Waals surface area contributed by atoms with Gasteiger partial charge in [0.25, 0.3) is 0 Å². The summed E-state index contributed by atoms with van der Waals surface area (Å²) in [6.45, 7) is 2.85. The molecule has 4 nitrogen and oxygen atoms in total. The van der Waals surface area contributed by atoms with Crippen LogP contribution in [0.3, 0.4) is 0 Å². The highest BCUT2D eigenvalue weighted by Gasteiger charge is 2.18. The number of nitrogens with zero attached hydrogens (tertiary/aromatic N) is 4. The fraction of sp³-hybridized carbons (Fsp3) is 0.357. The number of aromatic nitrogens is 3. The number of rotatable bonds is 3. The van der Waals surface area contributed by atoms with Crippen LogP contribution in [0.25, 0.3) is 0 Å². The smallest absolute Gasteiger partial charge is 0.187 e. The lowest BCUT2D eigenvalue weighted by molar-refractivity contribution is 0.239. The molecule has 0 atom stereocenters. The predicted molar refractivity (Wildman–Crippen MR) is 75.9 cm³/mol. The number of hydrogen-bond donors (Lipinski definition) is 0. The molecule has 3 heterocycles. The quantitative estimate of drug-likeness (QED) is 0.632. The molecule has 5 heteroatoms. The van der Waals surface area contributed by atoms with Crippen molar-refractivity contribution >= 4 is 11.8 Å². The molecule has 0 N–H and O–H groups in total. The number of hydrogen-bond acceptors (Lipinski definition) is 5. The van der Waals surface area contributed by atoms with Crippen molar-refractivity contribution in [2.45, 2.75) is 24.7 Å². The van der Waals surface area contributed by atoms with Crippen LogP contribution in [0.5, 0.6) is 0 Å². The molecular formula is C14H16N4S. The third-order valence-electron chi connectivity index (χ3n) is 3.29. The molecule has 2 aromatic heterocycles. The Balaban J connectivity index is 1.72. The summed E-state index contributed by atoms with van der Waals surface area (Å²) >= 11 is 1.60. The SMILES string of the molecule is CSc1ncc2c(n1)CCN(Cc1ccccn1)C2. The third kappa shape index (κ3) is 2.93. The number of thioether (sulfide) groups is 1. The Morgan fingerprint density at radius 2 is 2.26 bits per heavy atom. The van der Waals surface area contributed by atoms with Crippen LogP contribution < -0.4 is 0 Å². The van der Waals surface area contributed by atoms with Crippen LogP contribution in [0.1, 0.15) is 17.0 Å². The molecular weight excluding hydrogens is 256 g/mol. The lowest BCUT2D eigenvalue weighted by Gasteiger charge is -2.27. The normalized spacial score (nSPS) is 15.2. The highest BCUT2D eigenvalue weighted by atomic mass is 32.2. The molecule has 3 rings (SSSR count). The fourth-order valence-electron chi connectivity index (χ4n) is 2.31. The minimum Gasteiger partial charge on any atom is -0.293 e. The predicted octanol–water partition coefficient (Wildman–Crippen LogP) is 2.15. The average Bonchev–Trinajstić information content (AvgIpc) is 2.48. The van der Waals surface area contributed by atoms with Gasteiger partial charge in [-0.2, -0.15) is 0 Å².